The second-order valence-electron chi connectivity index (χ2n) is 5.95. The van der Waals surface area contributed by atoms with E-state index in [1.54, 1.807) is 6.07 Å². The van der Waals surface area contributed by atoms with Gasteiger partial charge in [-0.05, 0) is 12.1 Å². The highest BCUT2D eigenvalue weighted by atomic mass is 32.2. The molecule has 0 saturated heterocycles. The van der Waals surface area contributed by atoms with E-state index < -0.39 is 10.0 Å². The Bertz CT molecular complexity index is 790. The first-order chi connectivity index (χ1) is 10.7. The Morgan fingerprint density at radius 3 is 2.26 bits per heavy atom. The quantitative estimate of drug-likeness (QED) is 0.900. The Labute approximate surface area is 135 Å². The molecule has 0 aliphatic carbocycles. The molecular weight excluding hydrogens is 320 g/mol. The van der Waals surface area contributed by atoms with Crippen LogP contribution in [-0.2, 0) is 15.4 Å². The minimum atomic E-state index is -3.81. The molecule has 8 heteroatoms. The molecule has 1 aromatic carbocycles. The zero-order valence-corrected chi connectivity index (χ0v) is 14.5. The summed E-state index contributed by atoms with van der Waals surface area (Å²) in [5.74, 6) is 1.49. The number of anilines is 1. The van der Waals surface area contributed by atoms with Crippen molar-refractivity contribution in [2.24, 2.45) is 0 Å². The molecule has 23 heavy (non-hydrogen) atoms. The number of aromatic nitrogens is 1. The van der Waals surface area contributed by atoms with Crippen LogP contribution in [0.4, 0.5) is 5.82 Å². The molecule has 0 fully saturated rings. The van der Waals surface area contributed by atoms with Gasteiger partial charge in [0.2, 0.25) is 0 Å². The van der Waals surface area contributed by atoms with Crippen molar-refractivity contribution in [1.29, 1.82) is 0 Å². The molecule has 1 N–H and O–H groups in total. The van der Waals surface area contributed by atoms with Crippen molar-refractivity contribution < 1.29 is 22.4 Å². The molecule has 0 saturated carbocycles. The van der Waals surface area contributed by atoms with Gasteiger partial charge in [0.25, 0.3) is 10.0 Å². The molecule has 2 aromatic rings. The summed E-state index contributed by atoms with van der Waals surface area (Å²) in [7, 11) is -0.892. The van der Waals surface area contributed by atoms with Gasteiger partial charge in [-0.15, -0.1) is 0 Å². The lowest BCUT2D eigenvalue weighted by atomic mass is 9.93. The molecule has 0 atom stereocenters. The van der Waals surface area contributed by atoms with Crippen LogP contribution in [0, 0.1) is 0 Å². The van der Waals surface area contributed by atoms with Crippen molar-refractivity contribution in [3.8, 4) is 11.5 Å². The van der Waals surface area contributed by atoms with E-state index in [1.165, 1.54) is 32.4 Å². The predicted octanol–water partition coefficient (Wildman–Crippen LogP) is 2.79. The molecule has 126 valence electrons. The normalized spacial score (nSPS) is 12.0. The Morgan fingerprint density at radius 2 is 1.74 bits per heavy atom. The minimum Gasteiger partial charge on any atom is -0.493 e. The maximum absolute atomic E-state index is 12.4. The molecule has 0 aliphatic rings. The summed E-state index contributed by atoms with van der Waals surface area (Å²) >= 11 is 0. The molecule has 0 radical (unpaired) electrons. The molecule has 0 spiro atoms. The maximum atomic E-state index is 12.4. The SMILES string of the molecule is COc1ccc(S(=O)(=O)Nc2cc(C(C)(C)C)on2)cc1OC. The fourth-order valence-corrected chi connectivity index (χ4v) is 2.86. The highest BCUT2D eigenvalue weighted by Gasteiger charge is 2.23. The largest absolute Gasteiger partial charge is 0.493 e. The van der Waals surface area contributed by atoms with Crippen molar-refractivity contribution in [1.82, 2.24) is 5.16 Å². The Balaban J connectivity index is 2.30. The summed E-state index contributed by atoms with van der Waals surface area (Å²) in [5.41, 5.74) is -0.264. The van der Waals surface area contributed by atoms with E-state index in [1.807, 2.05) is 20.8 Å². The zero-order valence-electron chi connectivity index (χ0n) is 13.7. The van der Waals surface area contributed by atoms with Crippen LogP contribution in [0.5, 0.6) is 11.5 Å². The summed E-state index contributed by atoms with van der Waals surface area (Å²) in [6, 6.07) is 5.90. The highest BCUT2D eigenvalue weighted by Crippen LogP contribution is 2.30. The van der Waals surface area contributed by atoms with Gasteiger partial charge in [-0.3, -0.25) is 4.72 Å². The van der Waals surface area contributed by atoms with Crippen LogP contribution in [0.2, 0.25) is 0 Å². The molecule has 0 bridgehead atoms. The number of rotatable bonds is 5. The van der Waals surface area contributed by atoms with Gasteiger partial charge in [-0.25, -0.2) is 8.42 Å². The lowest BCUT2D eigenvalue weighted by Gasteiger charge is -2.12. The Kier molecular flexibility index (Phi) is 4.56. The third-order valence-electron chi connectivity index (χ3n) is 3.15. The van der Waals surface area contributed by atoms with Gasteiger partial charge >= 0.3 is 0 Å². The molecule has 0 unspecified atom stereocenters. The van der Waals surface area contributed by atoms with E-state index in [2.05, 4.69) is 9.88 Å². The summed E-state index contributed by atoms with van der Waals surface area (Å²) in [5, 5.41) is 3.75. The average Bonchev–Trinajstić information content (AvgIpc) is 2.94. The maximum Gasteiger partial charge on any atom is 0.263 e. The van der Waals surface area contributed by atoms with Crippen molar-refractivity contribution in [3.05, 3.63) is 30.0 Å². The van der Waals surface area contributed by atoms with Crippen LogP contribution in [0.15, 0.2) is 33.7 Å². The number of ether oxygens (including phenoxy) is 2. The first kappa shape index (κ1) is 17.1. The summed E-state index contributed by atoms with van der Waals surface area (Å²) in [6.45, 7) is 5.83. The number of sulfonamides is 1. The highest BCUT2D eigenvalue weighted by molar-refractivity contribution is 7.92. The second kappa shape index (κ2) is 6.11. The predicted molar refractivity (Wildman–Crippen MR) is 85.6 cm³/mol. The van der Waals surface area contributed by atoms with Crippen molar-refractivity contribution >= 4 is 15.8 Å². The number of methoxy groups -OCH3 is 2. The lowest BCUT2D eigenvalue weighted by Crippen LogP contribution is -2.13. The van der Waals surface area contributed by atoms with Gasteiger partial charge in [0.15, 0.2) is 17.3 Å². The van der Waals surface area contributed by atoms with E-state index in [-0.39, 0.29) is 16.1 Å². The van der Waals surface area contributed by atoms with Crippen molar-refractivity contribution in [2.75, 3.05) is 18.9 Å². The van der Waals surface area contributed by atoms with E-state index in [9.17, 15) is 8.42 Å². The zero-order chi connectivity index (χ0) is 17.3. The standard InChI is InChI=1S/C15H20N2O5S/c1-15(2,3)13-9-14(16-22-13)17-23(18,19)10-6-7-11(20-4)12(8-10)21-5/h6-9H,1-5H3,(H,16,17). The fourth-order valence-electron chi connectivity index (χ4n) is 1.86. The molecule has 0 aliphatic heterocycles. The second-order valence-corrected chi connectivity index (χ2v) is 7.63. The lowest BCUT2D eigenvalue weighted by molar-refractivity contribution is 0.331. The Morgan fingerprint density at radius 1 is 1.09 bits per heavy atom. The third-order valence-corrected chi connectivity index (χ3v) is 4.51. The molecular formula is C15H20N2O5S. The van der Waals surface area contributed by atoms with E-state index >= 15 is 0 Å². The van der Waals surface area contributed by atoms with Crippen molar-refractivity contribution in [2.45, 2.75) is 31.1 Å². The first-order valence-electron chi connectivity index (χ1n) is 6.89. The molecule has 1 heterocycles. The van der Waals surface area contributed by atoms with Crippen LogP contribution < -0.4 is 14.2 Å². The summed E-state index contributed by atoms with van der Waals surface area (Å²) < 4.78 is 42.7. The van der Waals surface area contributed by atoms with Gasteiger partial charge in [0.1, 0.15) is 5.76 Å². The van der Waals surface area contributed by atoms with Crippen LogP contribution >= 0.6 is 0 Å². The number of nitrogens with zero attached hydrogens (tertiary/aromatic N) is 1. The van der Waals surface area contributed by atoms with Crippen LogP contribution in [-0.4, -0.2) is 27.8 Å². The third kappa shape index (κ3) is 3.76. The Hall–Kier alpha value is -2.22. The smallest absolute Gasteiger partial charge is 0.263 e. The van der Waals surface area contributed by atoms with E-state index in [0.717, 1.165) is 0 Å². The van der Waals surface area contributed by atoms with Gasteiger partial charge in [0, 0.05) is 17.5 Å². The number of hydrogen-bond acceptors (Lipinski definition) is 6. The van der Waals surface area contributed by atoms with Crippen LogP contribution in [0.1, 0.15) is 26.5 Å². The minimum absolute atomic E-state index is 0.0375. The average molecular weight is 340 g/mol. The van der Waals surface area contributed by atoms with E-state index in [0.29, 0.717) is 17.3 Å². The van der Waals surface area contributed by atoms with Gasteiger partial charge in [0.05, 0.1) is 19.1 Å². The van der Waals surface area contributed by atoms with Gasteiger partial charge in [-0.1, -0.05) is 25.9 Å². The monoisotopic (exact) mass is 340 g/mol. The first-order valence-corrected chi connectivity index (χ1v) is 8.38. The van der Waals surface area contributed by atoms with Gasteiger partial charge < -0.3 is 14.0 Å². The number of nitrogens with one attached hydrogen (secondary N) is 1. The van der Waals surface area contributed by atoms with Crippen molar-refractivity contribution in [3.63, 3.8) is 0 Å². The van der Waals surface area contributed by atoms with Crippen LogP contribution in [0.3, 0.4) is 0 Å². The number of hydrogen-bond donors (Lipinski definition) is 1. The summed E-state index contributed by atoms with van der Waals surface area (Å²) in [6.07, 6.45) is 0. The fraction of sp³-hybridized carbons (Fsp3) is 0.400. The molecule has 7 nitrogen and oxygen atoms in total. The number of benzene rings is 1. The van der Waals surface area contributed by atoms with Gasteiger partial charge in [-0.2, -0.15) is 0 Å². The molecule has 0 amide bonds. The summed E-state index contributed by atoms with van der Waals surface area (Å²) in [4.78, 5) is 0.0375. The molecule has 1 aromatic heterocycles. The molecule has 2 rings (SSSR count). The van der Waals surface area contributed by atoms with E-state index in [4.69, 9.17) is 14.0 Å². The van der Waals surface area contributed by atoms with Crippen LogP contribution in [0.25, 0.3) is 0 Å². The topological polar surface area (TPSA) is 90.7 Å².